The van der Waals surface area contributed by atoms with Gasteiger partial charge in [-0.15, -0.1) is 0 Å². The maximum absolute atomic E-state index is 14.1. The summed E-state index contributed by atoms with van der Waals surface area (Å²) in [5.41, 5.74) is 2.35. The van der Waals surface area contributed by atoms with E-state index in [4.69, 9.17) is 10.00 Å². The van der Waals surface area contributed by atoms with Crippen LogP contribution >= 0.6 is 0 Å². The predicted octanol–water partition coefficient (Wildman–Crippen LogP) is 4.93. The van der Waals surface area contributed by atoms with Crippen LogP contribution in [0.1, 0.15) is 41.5 Å². The van der Waals surface area contributed by atoms with E-state index in [-0.39, 0.29) is 29.5 Å². The highest BCUT2D eigenvalue weighted by atomic mass is 19.3. The van der Waals surface area contributed by atoms with E-state index < -0.39 is 12.4 Å². The molecule has 4 aromatic rings. The van der Waals surface area contributed by atoms with Crippen LogP contribution in [-0.4, -0.2) is 44.1 Å². The molecular formula is C27H25F3N6O2. The van der Waals surface area contributed by atoms with Crippen LogP contribution in [0.25, 0.3) is 11.0 Å². The lowest BCUT2D eigenvalue weighted by molar-refractivity contribution is -0.0489. The number of pyridine rings is 2. The van der Waals surface area contributed by atoms with Gasteiger partial charge in [0.2, 0.25) is 5.88 Å². The molecule has 196 valence electrons. The van der Waals surface area contributed by atoms with Gasteiger partial charge in [-0.2, -0.15) is 14.0 Å². The minimum Gasteiger partial charge on any atom is -0.473 e. The number of alkyl halides is 2. The summed E-state index contributed by atoms with van der Waals surface area (Å²) in [6, 6.07) is 13.5. The van der Waals surface area contributed by atoms with Gasteiger partial charge < -0.3 is 14.0 Å². The fourth-order valence-corrected chi connectivity index (χ4v) is 4.67. The monoisotopic (exact) mass is 522 g/mol. The number of hydrogen-bond acceptors (Lipinski definition) is 7. The zero-order chi connectivity index (χ0) is 26.6. The first-order valence-electron chi connectivity index (χ1n) is 12.2. The van der Waals surface area contributed by atoms with Crippen LogP contribution in [0.2, 0.25) is 0 Å². The number of likely N-dealkylation sites (tertiary alicyclic amines) is 1. The van der Waals surface area contributed by atoms with Gasteiger partial charge in [0.15, 0.2) is 5.75 Å². The molecule has 0 aliphatic carbocycles. The first-order chi connectivity index (χ1) is 18.4. The van der Waals surface area contributed by atoms with E-state index in [9.17, 15) is 13.2 Å². The van der Waals surface area contributed by atoms with Gasteiger partial charge in [0, 0.05) is 42.6 Å². The van der Waals surface area contributed by atoms with E-state index >= 15 is 0 Å². The van der Waals surface area contributed by atoms with Crippen LogP contribution in [0.15, 0.2) is 48.7 Å². The first-order valence-corrected chi connectivity index (χ1v) is 12.2. The van der Waals surface area contributed by atoms with Crippen LogP contribution in [0, 0.1) is 17.1 Å². The summed E-state index contributed by atoms with van der Waals surface area (Å²) in [5, 5.41) is 8.83. The van der Waals surface area contributed by atoms with Gasteiger partial charge >= 0.3 is 6.61 Å². The third kappa shape index (κ3) is 5.55. The zero-order valence-electron chi connectivity index (χ0n) is 20.6. The average Bonchev–Trinajstić information content (AvgIpc) is 3.24. The van der Waals surface area contributed by atoms with Crippen molar-refractivity contribution in [3.63, 3.8) is 0 Å². The standard InChI is InChI=1S/C27H25F3N6O2/c1-35-22-5-3-6-23(38-27(29)30)26(22)34-24(35)15-36-10-8-17(9-11-36)21-4-2-7-25(33-21)37-16-18-14-32-19(13-31)12-20(18)28/h2-7,12,14,17,27H,8-11,15-16H2,1H3. The molecule has 0 spiro atoms. The quantitative estimate of drug-likeness (QED) is 0.324. The molecule has 0 bridgehead atoms. The molecule has 0 saturated carbocycles. The second-order valence-corrected chi connectivity index (χ2v) is 9.10. The number of hydrogen-bond donors (Lipinski definition) is 0. The van der Waals surface area contributed by atoms with Gasteiger partial charge in [-0.1, -0.05) is 12.1 Å². The summed E-state index contributed by atoms with van der Waals surface area (Å²) < 4.78 is 51.9. The minimum absolute atomic E-state index is 0.0133. The molecule has 8 nitrogen and oxygen atoms in total. The van der Waals surface area contributed by atoms with Crippen molar-refractivity contribution in [1.82, 2.24) is 24.4 Å². The minimum atomic E-state index is -2.91. The molecule has 0 atom stereocenters. The van der Waals surface area contributed by atoms with Gasteiger partial charge in [0.25, 0.3) is 0 Å². The first kappa shape index (κ1) is 25.5. The number of fused-ring (bicyclic) bond motifs is 1. The Bertz CT molecular complexity index is 1480. The van der Waals surface area contributed by atoms with Crippen LogP contribution < -0.4 is 9.47 Å². The number of nitrogens with zero attached hydrogens (tertiary/aromatic N) is 6. The number of imidazole rings is 1. The van der Waals surface area contributed by atoms with Crippen molar-refractivity contribution in [2.45, 2.75) is 38.5 Å². The predicted molar refractivity (Wildman–Crippen MR) is 132 cm³/mol. The van der Waals surface area contributed by atoms with E-state index in [0.717, 1.165) is 49.0 Å². The van der Waals surface area contributed by atoms with Crippen molar-refractivity contribution in [2.75, 3.05) is 13.1 Å². The Morgan fingerprint density at radius 2 is 1.92 bits per heavy atom. The molecule has 1 aliphatic heterocycles. The molecule has 3 aromatic heterocycles. The lowest BCUT2D eigenvalue weighted by atomic mass is 9.93. The molecule has 1 fully saturated rings. The van der Waals surface area contributed by atoms with Crippen molar-refractivity contribution >= 4 is 11.0 Å². The Morgan fingerprint density at radius 3 is 2.66 bits per heavy atom. The third-order valence-corrected chi connectivity index (χ3v) is 6.72. The molecule has 11 heteroatoms. The van der Waals surface area contributed by atoms with Crippen LogP contribution in [0.5, 0.6) is 11.6 Å². The van der Waals surface area contributed by atoms with E-state index in [1.807, 2.05) is 29.8 Å². The Hall–Kier alpha value is -4.17. The lowest BCUT2D eigenvalue weighted by Crippen LogP contribution is -2.33. The largest absolute Gasteiger partial charge is 0.473 e. The van der Waals surface area contributed by atoms with E-state index in [0.29, 0.717) is 17.9 Å². The van der Waals surface area contributed by atoms with E-state index in [1.54, 1.807) is 18.2 Å². The summed E-state index contributed by atoms with van der Waals surface area (Å²) in [5.74, 6) is 0.953. The van der Waals surface area contributed by atoms with Crippen LogP contribution in [-0.2, 0) is 20.2 Å². The van der Waals surface area contributed by atoms with Gasteiger partial charge in [-0.05, 0) is 44.1 Å². The Kier molecular flexibility index (Phi) is 7.42. The normalized spacial score (nSPS) is 14.6. The fourth-order valence-electron chi connectivity index (χ4n) is 4.67. The van der Waals surface area contributed by atoms with E-state index in [1.165, 1.54) is 12.3 Å². The summed E-state index contributed by atoms with van der Waals surface area (Å²) in [4.78, 5) is 15.4. The highest BCUT2D eigenvalue weighted by molar-refractivity contribution is 5.82. The SMILES string of the molecule is Cn1c(CN2CCC(c3cccc(OCc4cnc(C#N)cc4F)n3)CC2)nc2c(OC(F)F)cccc21. The number of aryl methyl sites for hydroxylation is 1. The number of nitriles is 1. The molecule has 5 rings (SSSR count). The molecule has 1 aliphatic rings. The molecule has 38 heavy (non-hydrogen) atoms. The highest BCUT2D eigenvalue weighted by Gasteiger charge is 2.24. The number of piperidine rings is 1. The Morgan fingerprint density at radius 1 is 1.13 bits per heavy atom. The number of benzene rings is 1. The van der Waals surface area contributed by atoms with E-state index in [2.05, 4.69) is 24.6 Å². The zero-order valence-corrected chi connectivity index (χ0v) is 20.6. The van der Waals surface area contributed by atoms with Gasteiger partial charge in [-0.25, -0.2) is 19.3 Å². The molecule has 4 heterocycles. The Balaban J connectivity index is 1.20. The van der Waals surface area contributed by atoms with Crippen molar-refractivity contribution in [3.05, 3.63) is 77.3 Å². The molecule has 0 N–H and O–H groups in total. The summed E-state index contributed by atoms with van der Waals surface area (Å²) >= 11 is 0. The highest BCUT2D eigenvalue weighted by Crippen LogP contribution is 2.30. The van der Waals surface area contributed by atoms with Gasteiger partial charge in [0.1, 0.15) is 35.5 Å². The van der Waals surface area contributed by atoms with Gasteiger partial charge in [-0.3, -0.25) is 4.90 Å². The number of para-hydroxylation sites is 1. The van der Waals surface area contributed by atoms with Gasteiger partial charge in [0.05, 0.1) is 12.1 Å². The summed E-state index contributed by atoms with van der Waals surface area (Å²) in [7, 11) is 1.87. The van der Waals surface area contributed by atoms with Crippen molar-refractivity contribution < 1.29 is 22.6 Å². The lowest BCUT2D eigenvalue weighted by Gasteiger charge is -2.31. The maximum Gasteiger partial charge on any atom is 0.387 e. The molecule has 0 unspecified atom stereocenters. The summed E-state index contributed by atoms with van der Waals surface area (Å²) in [6.45, 7) is -0.711. The fraction of sp³-hybridized carbons (Fsp3) is 0.333. The van der Waals surface area contributed by atoms with Crippen LogP contribution in [0.4, 0.5) is 13.2 Å². The Labute approximate surface area is 217 Å². The molecular weight excluding hydrogens is 497 g/mol. The number of halogens is 3. The second-order valence-electron chi connectivity index (χ2n) is 9.10. The van der Waals surface area contributed by atoms with Crippen LogP contribution in [0.3, 0.4) is 0 Å². The molecule has 0 radical (unpaired) electrons. The maximum atomic E-state index is 14.1. The number of aromatic nitrogens is 4. The second kappa shape index (κ2) is 11.1. The summed E-state index contributed by atoms with van der Waals surface area (Å²) in [6.07, 6.45) is 3.06. The van der Waals surface area contributed by atoms with Crippen molar-refractivity contribution in [3.8, 4) is 17.7 Å². The molecule has 1 aromatic carbocycles. The topological polar surface area (TPSA) is 89.1 Å². The number of ether oxygens (including phenoxy) is 2. The van der Waals surface area contributed by atoms with Crippen molar-refractivity contribution in [2.24, 2.45) is 7.05 Å². The molecule has 0 amide bonds. The number of rotatable bonds is 8. The van der Waals surface area contributed by atoms with Crippen molar-refractivity contribution in [1.29, 1.82) is 5.26 Å². The third-order valence-electron chi connectivity index (χ3n) is 6.72. The molecule has 1 saturated heterocycles. The average molecular weight is 523 g/mol. The smallest absolute Gasteiger partial charge is 0.387 e.